The molecule has 0 fully saturated rings. The highest BCUT2D eigenvalue weighted by atomic mass is 16.6. The number of methoxy groups -OCH3 is 7. The minimum atomic E-state index is -0.473. The topological polar surface area (TPSA) is 146 Å². The first kappa shape index (κ1) is 35.6. The van der Waals surface area contributed by atoms with E-state index in [1.807, 2.05) is 36.4 Å². The number of ether oxygens (including phenoxy) is 9. The van der Waals surface area contributed by atoms with Gasteiger partial charge >= 0.3 is 0 Å². The standard InChI is InChI=1S/C38H41N3O11/c1-43-23-9-11-26-25(19-23)38(42)40-37(39-26)21-8-12-28(31(16-21)45-3)50-14-15-51-36-29(44-2)13-10-24(34(36)48-6)27-20-30(52-41-27)22-17-32(46-4)35(49-7)33(18-22)47-5/h8-13,16-19,30,37,39H,14-15,20H2,1-7H3,(H,40,42). The van der Waals surface area contributed by atoms with Crippen LogP contribution in [-0.2, 0) is 4.84 Å². The molecule has 52 heavy (non-hydrogen) atoms. The van der Waals surface area contributed by atoms with Gasteiger partial charge in [0.25, 0.3) is 5.91 Å². The number of hydrogen-bond donors (Lipinski definition) is 2. The van der Waals surface area contributed by atoms with Crippen LogP contribution >= 0.6 is 0 Å². The molecular formula is C38H41N3O11. The summed E-state index contributed by atoms with van der Waals surface area (Å²) in [7, 11) is 10.9. The number of nitrogens with zero attached hydrogens (tertiary/aromatic N) is 1. The van der Waals surface area contributed by atoms with Gasteiger partial charge in [-0.1, -0.05) is 11.2 Å². The third kappa shape index (κ3) is 7.04. The Labute approximate surface area is 301 Å². The number of rotatable bonds is 15. The van der Waals surface area contributed by atoms with Crippen molar-refractivity contribution in [2.75, 3.05) is 68.3 Å². The fourth-order valence-electron chi connectivity index (χ4n) is 6.08. The lowest BCUT2D eigenvalue weighted by Gasteiger charge is -2.28. The van der Waals surface area contributed by atoms with Crippen LogP contribution in [0.15, 0.2) is 65.8 Å². The monoisotopic (exact) mass is 715 g/mol. The summed E-state index contributed by atoms with van der Waals surface area (Å²) in [5, 5.41) is 10.7. The molecule has 0 aliphatic carbocycles. The van der Waals surface area contributed by atoms with Crippen LogP contribution in [0.5, 0.6) is 51.7 Å². The van der Waals surface area contributed by atoms with Crippen molar-refractivity contribution in [1.29, 1.82) is 0 Å². The number of benzene rings is 4. The molecule has 2 heterocycles. The molecule has 2 atom stereocenters. The maximum atomic E-state index is 12.9. The Morgan fingerprint density at radius 2 is 1.29 bits per heavy atom. The molecule has 1 amide bonds. The van der Waals surface area contributed by atoms with Crippen LogP contribution in [0.3, 0.4) is 0 Å². The first-order valence-corrected chi connectivity index (χ1v) is 16.3. The van der Waals surface area contributed by atoms with E-state index in [1.165, 1.54) is 0 Å². The van der Waals surface area contributed by atoms with Gasteiger partial charge < -0.3 is 58.1 Å². The highest BCUT2D eigenvalue weighted by molar-refractivity contribution is 6.04. The third-order valence-corrected chi connectivity index (χ3v) is 8.69. The van der Waals surface area contributed by atoms with Crippen LogP contribution in [0.1, 0.15) is 45.7 Å². The van der Waals surface area contributed by atoms with Crippen molar-refractivity contribution in [1.82, 2.24) is 5.32 Å². The smallest absolute Gasteiger partial charge is 0.255 e. The van der Waals surface area contributed by atoms with Gasteiger partial charge in [0, 0.05) is 23.2 Å². The summed E-state index contributed by atoms with van der Waals surface area (Å²) < 4.78 is 51.1. The van der Waals surface area contributed by atoms with Crippen molar-refractivity contribution < 1.29 is 52.3 Å². The Morgan fingerprint density at radius 3 is 1.96 bits per heavy atom. The fraction of sp³-hybridized carbons (Fsp3) is 0.316. The zero-order valence-electron chi connectivity index (χ0n) is 30.0. The quantitative estimate of drug-likeness (QED) is 0.141. The fourth-order valence-corrected chi connectivity index (χ4v) is 6.08. The van der Waals surface area contributed by atoms with Gasteiger partial charge in [-0.2, -0.15) is 0 Å². The zero-order chi connectivity index (χ0) is 36.8. The van der Waals surface area contributed by atoms with Gasteiger partial charge in [0.2, 0.25) is 11.5 Å². The Morgan fingerprint density at radius 1 is 0.615 bits per heavy atom. The van der Waals surface area contributed by atoms with E-state index in [0.29, 0.717) is 80.7 Å². The molecule has 2 aliphatic rings. The molecule has 0 bridgehead atoms. The van der Waals surface area contributed by atoms with E-state index in [0.717, 1.165) is 11.1 Å². The van der Waals surface area contributed by atoms with Gasteiger partial charge in [0.1, 0.15) is 25.1 Å². The number of oxime groups is 1. The van der Waals surface area contributed by atoms with E-state index in [2.05, 4.69) is 15.8 Å². The van der Waals surface area contributed by atoms with Crippen molar-refractivity contribution in [3.63, 3.8) is 0 Å². The Kier molecular flexibility index (Phi) is 10.8. The third-order valence-electron chi connectivity index (χ3n) is 8.69. The van der Waals surface area contributed by atoms with Crippen molar-refractivity contribution in [3.05, 3.63) is 82.9 Å². The summed E-state index contributed by atoms with van der Waals surface area (Å²) >= 11 is 0. The summed E-state index contributed by atoms with van der Waals surface area (Å²) in [6.45, 7) is 0.325. The second kappa shape index (κ2) is 15.8. The molecule has 0 aromatic heterocycles. The summed E-state index contributed by atoms with van der Waals surface area (Å²) in [5.41, 5.74) is 4.15. The van der Waals surface area contributed by atoms with E-state index in [1.54, 1.807) is 74.0 Å². The minimum absolute atomic E-state index is 0.151. The van der Waals surface area contributed by atoms with Crippen LogP contribution < -0.4 is 53.3 Å². The van der Waals surface area contributed by atoms with Crippen LogP contribution in [0.2, 0.25) is 0 Å². The van der Waals surface area contributed by atoms with Crippen LogP contribution in [-0.4, -0.2) is 74.6 Å². The molecule has 6 rings (SSSR count). The lowest BCUT2D eigenvalue weighted by Crippen LogP contribution is -2.38. The summed E-state index contributed by atoms with van der Waals surface area (Å²) in [6, 6.07) is 18.1. The van der Waals surface area contributed by atoms with Gasteiger partial charge in [-0.3, -0.25) is 4.79 Å². The molecule has 2 unspecified atom stereocenters. The van der Waals surface area contributed by atoms with E-state index >= 15 is 0 Å². The lowest BCUT2D eigenvalue weighted by molar-refractivity contribution is 0.0853. The molecule has 14 nitrogen and oxygen atoms in total. The average molecular weight is 716 g/mol. The van der Waals surface area contributed by atoms with Gasteiger partial charge in [0.05, 0.1) is 61.0 Å². The van der Waals surface area contributed by atoms with Gasteiger partial charge in [0.15, 0.2) is 40.6 Å². The largest absolute Gasteiger partial charge is 0.497 e. The molecule has 0 spiro atoms. The molecule has 0 saturated heterocycles. The number of fused-ring (bicyclic) bond motifs is 1. The minimum Gasteiger partial charge on any atom is -0.497 e. The number of nitrogens with one attached hydrogen (secondary N) is 2. The SMILES string of the molecule is COc1ccc2c(c1)C(=O)NC(c1ccc(OCCOc3c(OC)ccc(C4=NOC(c5cc(OC)c(OC)c(OC)c5)C4)c3OC)c(OC)c1)N2. The number of anilines is 1. The average Bonchev–Trinajstić information content (AvgIpc) is 3.68. The normalized spacial score (nSPS) is 15.9. The second-order valence-corrected chi connectivity index (χ2v) is 11.5. The highest BCUT2D eigenvalue weighted by Crippen LogP contribution is 2.45. The van der Waals surface area contributed by atoms with Crippen molar-refractivity contribution in [2.45, 2.75) is 18.7 Å². The van der Waals surface area contributed by atoms with Crippen LogP contribution in [0.4, 0.5) is 5.69 Å². The number of hydrogen-bond acceptors (Lipinski definition) is 13. The first-order valence-electron chi connectivity index (χ1n) is 16.3. The summed E-state index contributed by atoms with van der Waals surface area (Å²) in [4.78, 5) is 18.7. The van der Waals surface area contributed by atoms with E-state index < -0.39 is 12.3 Å². The van der Waals surface area contributed by atoms with Crippen LogP contribution in [0.25, 0.3) is 0 Å². The molecule has 274 valence electrons. The predicted molar refractivity (Wildman–Crippen MR) is 191 cm³/mol. The van der Waals surface area contributed by atoms with Gasteiger partial charge in [-0.15, -0.1) is 0 Å². The molecule has 14 heteroatoms. The Hall–Kier alpha value is -6.18. The zero-order valence-corrected chi connectivity index (χ0v) is 30.0. The Bertz CT molecular complexity index is 1940. The maximum Gasteiger partial charge on any atom is 0.255 e. The second-order valence-electron chi connectivity index (χ2n) is 11.5. The lowest BCUT2D eigenvalue weighted by atomic mass is 9.98. The Balaban J connectivity index is 1.12. The molecule has 4 aromatic rings. The van der Waals surface area contributed by atoms with Gasteiger partial charge in [-0.25, -0.2) is 0 Å². The van der Waals surface area contributed by atoms with Crippen molar-refractivity contribution in [2.24, 2.45) is 5.16 Å². The first-order chi connectivity index (χ1) is 25.3. The molecule has 2 aliphatic heterocycles. The molecule has 4 aromatic carbocycles. The highest BCUT2D eigenvalue weighted by Gasteiger charge is 2.30. The van der Waals surface area contributed by atoms with E-state index in [4.69, 9.17) is 47.5 Å². The van der Waals surface area contributed by atoms with E-state index in [-0.39, 0.29) is 19.1 Å². The number of carbonyl (C=O) groups is 1. The summed E-state index contributed by atoms with van der Waals surface area (Å²) in [5.74, 6) is 4.23. The van der Waals surface area contributed by atoms with Crippen molar-refractivity contribution >= 4 is 17.3 Å². The van der Waals surface area contributed by atoms with Gasteiger partial charge in [-0.05, 0) is 60.2 Å². The van der Waals surface area contributed by atoms with Crippen molar-refractivity contribution in [3.8, 4) is 51.7 Å². The molecule has 0 saturated carbocycles. The molecule has 2 N–H and O–H groups in total. The predicted octanol–water partition coefficient (Wildman–Crippen LogP) is 5.92. The number of carbonyl (C=O) groups excluding carboxylic acids is 1. The maximum absolute atomic E-state index is 12.9. The molecular weight excluding hydrogens is 674 g/mol. The van der Waals surface area contributed by atoms with E-state index in [9.17, 15) is 4.79 Å². The summed E-state index contributed by atoms with van der Waals surface area (Å²) in [6.07, 6.45) is -0.431. The van der Waals surface area contributed by atoms with Crippen LogP contribution in [0, 0.1) is 0 Å². The molecule has 0 radical (unpaired) electrons. The number of amides is 1.